The highest BCUT2D eigenvalue weighted by Gasteiger charge is 2.15. The smallest absolute Gasteiger partial charge is 0.306 e. The minimum atomic E-state index is -0.399. The van der Waals surface area contributed by atoms with Crippen molar-refractivity contribution in [3.8, 4) is 0 Å². The van der Waals surface area contributed by atoms with Gasteiger partial charge in [0.25, 0.3) is 0 Å². The molecule has 35 heavy (non-hydrogen) atoms. The lowest BCUT2D eigenvalue weighted by molar-refractivity contribution is -0.154. The van der Waals surface area contributed by atoms with Gasteiger partial charge >= 0.3 is 5.97 Å². The van der Waals surface area contributed by atoms with Gasteiger partial charge in [-0.2, -0.15) is 0 Å². The van der Waals surface area contributed by atoms with Gasteiger partial charge in [0.15, 0.2) is 0 Å². The Kier molecular flexibility index (Phi) is 28.1. The van der Waals surface area contributed by atoms with Crippen molar-refractivity contribution in [2.75, 3.05) is 52.9 Å². The monoisotopic (exact) mass is 500 g/mol. The van der Waals surface area contributed by atoms with Gasteiger partial charge in [-0.1, -0.05) is 51.3 Å². The minimum absolute atomic E-state index is 0.122. The molecule has 6 nitrogen and oxygen atoms in total. The molecule has 0 aliphatic rings. The number of ether oxygens (including phenoxy) is 5. The maximum Gasteiger partial charge on any atom is 0.306 e. The first-order chi connectivity index (χ1) is 16.9. The van der Waals surface area contributed by atoms with Gasteiger partial charge in [-0.3, -0.25) is 4.79 Å². The van der Waals surface area contributed by atoms with E-state index in [0.717, 1.165) is 45.3 Å². The Morgan fingerprint density at radius 2 is 1.11 bits per heavy atom. The Bertz CT molecular complexity index is 508. The topological polar surface area (TPSA) is 63.2 Å². The fourth-order valence-corrected chi connectivity index (χ4v) is 2.98. The normalized spacial score (nSPS) is 12.0. The molecule has 0 aromatic heterocycles. The third-order valence-corrected chi connectivity index (χ3v) is 4.68. The zero-order valence-electron chi connectivity index (χ0n) is 24.0. The second-order valence-corrected chi connectivity index (χ2v) is 9.06. The summed E-state index contributed by atoms with van der Waals surface area (Å²) in [6.45, 7) is 19.1. The van der Waals surface area contributed by atoms with E-state index in [1.165, 1.54) is 18.4 Å². The van der Waals surface area contributed by atoms with E-state index in [4.69, 9.17) is 23.7 Å². The molecule has 0 amide bonds. The van der Waals surface area contributed by atoms with Crippen molar-refractivity contribution in [3.05, 3.63) is 23.8 Å². The molecule has 0 radical (unpaired) electrons. The number of carbonyl (C=O) groups is 1. The summed E-state index contributed by atoms with van der Waals surface area (Å²) in [5.74, 6) is -0.122. The van der Waals surface area contributed by atoms with Crippen molar-refractivity contribution in [3.63, 3.8) is 0 Å². The van der Waals surface area contributed by atoms with Crippen LogP contribution in [0.5, 0.6) is 0 Å². The first-order valence-corrected chi connectivity index (χ1v) is 13.7. The number of carbonyl (C=O) groups excluding carboxylic acids is 1. The van der Waals surface area contributed by atoms with Gasteiger partial charge < -0.3 is 23.7 Å². The van der Waals surface area contributed by atoms with Crippen LogP contribution in [0, 0.1) is 0 Å². The zero-order valence-corrected chi connectivity index (χ0v) is 24.0. The Labute approximate surface area is 216 Å². The summed E-state index contributed by atoms with van der Waals surface area (Å²) in [6.07, 6.45) is 14.0. The highest BCUT2D eigenvalue weighted by molar-refractivity contribution is 5.69. The maximum atomic E-state index is 11.6. The second kappa shape index (κ2) is 27.4. The first-order valence-electron chi connectivity index (χ1n) is 13.7. The SMILES string of the molecule is C/C=C\C(=C/C)COCCCCCCOCCOCCOCCCCCC(=O)OC(C)(C)C.CC. The molecule has 0 N–H and O–H groups in total. The van der Waals surface area contributed by atoms with Crippen LogP contribution in [0.15, 0.2) is 23.8 Å². The van der Waals surface area contributed by atoms with Gasteiger partial charge in [0.2, 0.25) is 0 Å². The molecule has 0 aliphatic carbocycles. The van der Waals surface area contributed by atoms with Crippen molar-refractivity contribution >= 4 is 5.97 Å². The van der Waals surface area contributed by atoms with Gasteiger partial charge in [-0.25, -0.2) is 0 Å². The molecule has 0 heterocycles. The van der Waals surface area contributed by atoms with E-state index in [2.05, 4.69) is 12.2 Å². The Morgan fingerprint density at radius 1 is 0.657 bits per heavy atom. The van der Waals surface area contributed by atoms with Crippen molar-refractivity contribution in [1.29, 1.82) is 0 Å². The molecule has 0 rings (SSSR count). The van der Waals surface area contributed by atoms with Crippen molar-refractivity contribution in [1.82, 2.24) is 0 Å². The van der Waals surface area contributed by atoms with E-state index in [0.29, 0.717) is 46.1 Å². The minimum Gasteiger partial charge on any atom is -0.460 e. The molecule has 0 bridgehead atoms. The van der Waals surface area contributed by atoms with E-state index in [1.54, 1.807) is 0 Å². The van der Waals surface area contributed by atoms with Crippen LogP contribution in [0.1, 0.15) is 99.8 Å². The standard InChI is InChI=1S/C27H50O6.C2H6/c1-6-15-25(7-2)24-32-19-13-9-8-12-17-29-20-22-31-23-21-30-18-14-10-11-16-26(28)33-27(3,4)5;1-2/h6-7,15H,8-14,16-24H2,1-5H3;1-2H3/b15-6-,25-7+;. The number of esters is 1. The molecular weight excluding hydrogens is 444 g/mol. The average Bonchev–Trinajstić information content (AvgIpc) is 2.82. The average molecular weight is 501 g/mol. The van der Waals surface area contributed by atoms with E-state index in [1.807, 2.05) is 54.5 Å². The molecule has 0 saturated heterocycles. The highest BCUT2D eigenvalue weighted by atomic mass is 16.6. The Balaban J connectivity index is 0. The lowest BCUT2D eigenvalue weighted by Crippen LogP contribution is -2.23. The number of allylic oxidation sites excluding steroid dienone is 2. The molecule has 0 atom stereocenters. The second-order valence-electron chi connectivity index (χ2n) is 9.06. The summed E-state index contributed by atoms with van der Waals surface area (Å²) in [5.41, 5.74) is 0.830. The molecule has 6 heteroatoms. The summed E-state index contributed by atoms with van der Waals surface area (Å²) in [5, 5.41) is 0. The molecule has 0 saturated carbocycles. The van der Waals surface area contributed by atoms with Crippen LogP contribution in [0.3, 0.4) is 0 Å². The van der Waals surface area contributed by atoms with Crippen LogP contribution >= 0.6 is 0 Å². The fourth-order valence-electron chi connectivity index (χ4n) is 2.98. The molecular formula is C29H56O6. The quantitative estimate of drug-likeness (QED) is 0.0900. The molecule has 208 valence electrons. The van der Waals surface area contributed by atoms with Crippen LogP contribution in [0.25, 0.3) is 0 Å². The van der Waals surface area contributed by atoms with Crippen LogP contribution in [0.4, 0.5) is 0 Å². The number of unbranched alkanes of at least 4 members (excludes halogenated alkanes) is 5. The lowest BCUT2D eigenvalue weighted by Gasteiger charge is -2.19. The molecule has 0 spiro atoms. The fraction of sp³-hybridized carbons (Fsp3) is 0.828. The Morgan fingerprint density at radius 3 is 1.57 bits per heavy atom. The predicted molar refractivity (Wildman–Crippen MR) is 146 cm³/mol. The summed E-state index contributed by atoms with van der Waals surface area (Å²) < 4.78 is 27.7. The third kappa shape index (κ3) is 30.8. The highest BCUT2D eigenvalue weighted by Crippen LogP contribution is 2.10. The third-order valence-electron chi connectivity index (χ3n) is 4.68. The lowest BCUT2D eigenvalue weighted by atomic mass is 10.1. The van der Waals surface area contributed by atoms with E-state index in [-0.39, 0.29) is 5.97 Å². The zero-order chi connectivity index (χ0) is 26.6. The summed E-state index contributed by atoms with van der Waals surface area (Å²) >= 11 is 0. The van der Waals surface area contributed by atoms with Crippen LogP contribution in [-0.4, -0.2) is 64.4 Å². The summed E-state index contributed by atoms with van der Waals surface area (Å²) in [7, 11) is 0. The van der Waals surface area contributed by atoms with Gasteiger partial charge in [0.05, 0.1) is 33.0 Å². The van der Waals surface area contributed by atoms with Crippen LogP contribution in [0.2, 0.25) is 0 Å². The number of rotatable bonds is 22. The van der Waals surface area contributed by atoms with Crippen molar-refractivity contribution in [2.24, 2.45) is 0 Å². The van der Waals surface area contributed by atoms with Crippen molar-refractivity contribution in [2.45, 2.75) is 105 Å². The van der Waals surface area contributed by atoms with Crippen LogP contribution in [-0.2, 0) is 28.5 Å². The van der Waals surface area contributed by atoms with E-state index in [9.17, 15) is 4.79 Å². The van der Waals surface area contributed by atoms with Crippen LogP contribution < -0.4 is 0 Å². The summed E-state index contributed by atoms with van der Waals surface area (Å²) in [6, 6.07) is 0. The maximum absolute atomic E-state index is 11.6. The predicted octanol–water partition coefficient (Wildman–Crippen LogP) is 7.06. The molecule has 0 aliphatic heterocycles. The first kappa shape index (κ1) is 35.9. The van der Waals surface area contributed by atoms with Gasteiger partial charge in [0, 0.05) is 26.2 Å². The largest absolute Gasteiger partial charge is 0.460 e. The molecule has 0 aromatic carbocycles. The number of hydrogen-bond acceptors (Lipinski definition) is 6. The van der Waals surface area contributed by atoms with E-state index < -0.39 is 5.60 Å². The molecule has 0 unspecified atom stereocenters. The number of hydrogen-bond donors (Lipinski definition) is 0. The van der Waals surface area contributed by atoms with Crippen molar-refractivity contribution < 1.29 is 28.5 Å². The summed E-state index contributed by atoms with van der Waals surface area (Å²) in [4.78, 5) is 11.6. The Hall–Kier alpha value is -1.21. The molecule has 0 aromatic rings. The van der Waals surface area contributed by atoms with Gasteiger partial charge in [-0.15, -0.1) is 0 Å². The van der Waals surface area contributed by atoms with E-state index >= 15 is 0 Å². The molecule has 0 fully saturated rings. The van der Waals surface area contributed by atoms with Gasteiger partial charge in [-0.05, 0) is 65.9 Å². The van der Waals surface area contributed by atoms with Gasteiger partial charge in [0.1, 0.15) is 5.60 Å².